The van der Waals surface area contributed by atoms with Gasteiger partial charge in [0.1, 0.15) is 5.82 Å². The first-order chi connectivity index (χ1) is 8.91. The molecule has 0 aliphatic carbocycles. The van der Waals surface area contributed by atoms with E-state index < -0.39 is 29.7 Å². The lowest BCUT2D eigenvalue weighted by atomic mass is 10.1. The van der Waals surface area contributed by atoms with E-state index in [4.69, 9.17) is 5.11 Å². The highest BCUT2D eigenvalue weighted by atomic mass is 19.4. The summed E-state index contributed by atoms with van der Waals surface area (Å²) in [5.41, 5.74) is -1.32. The molecule has 7 heteroatoms. The molecule has 0 saturated heterocycles. The van der Waals surface area contributed by atoms with Crippen molar-refractivity contribution in [1.29, 1.82) is 0 Å². The van der Waals surface area contributed by atoms with E-state index in [9.17, 15) is 17.6 Å². The van der Waals surface area contributed by atoms with Gasteiger partial charge in [0.2, 0.25) is 0 Å². The van der Waals surface area contributed by atoms with Crippen LogP contribution in [-0.2, 0) is 12.8 Å². The molecule has 0 fully saturated rings. The highest BCUT2D eigenvalue weighted by Gasteiger charge is 2.34. The fourth-order valence-electron chi connectivity index (χ4n) is 1.56. The van der Waals surface area contributed by atoms with Crippen molar-refractivity contribution < 1.29 is 22.7 Å². The molecule has 1 N–H and O–H groups in total. The Morgan fingerprint density at radius 3 is 2.53 bits per heavy atom. The molecule has 1 heterocycles. The van der Waals surface area contributed by atoms with Crippen LogP contribution in [-0.4, -0.2) is 15.1 Å². The Labute approximate surface area is 105 Å². The summed E-state index contributed by atoms with van der Waals surface area (Å²) >= 11 is 0. The Bertz CT molecular complexity index is 599. The fraction of sp³-hybridized carbons (Fsp3) is 0.167. The average molecular weight is 272 g/mol. The molecule has 0 amide bonds. The highest BCUT2D eigenvalue weighted by molar-refractivity contribution is 5.61. The van der Waals surface area contributed by atoms with Gasteiger partial charge in [0.15, 0.2) is 5.82 Å². The molecule has 1 aromatic heterocycles. The molecule has 19 heavy (non-hydrogen) atoms. The summed E-state index contributed by atoms with van der Waals surface area (Å²) in [7, 11) is 0. The van der Waals surface area contributed by atoms with Crippen molar-refractivity contribution in [1.82, 2.24) is 9.97 Å². The van der Waals surface area contributed by atoms with Crippen LogP contribution in [0.2, 0.25) is 0 Å². The quantitative estimate of drug-likeness (QED) is 0.855. The molecule has 0 radical (unpaired) electrons. The van der Waals surface area contributed by atoms with Crippen molar-refractivity contribution >= 4 is 0 Å². The van der Waals surface area contributed by atoms with Crippen LogP contribution >= 0.6 is 0 Å². The first-order valence-electron chi connectivity index (χ1n) is 5.21. The number of halogens is 4. The van der Waals surface area contributed by atoms with Crippen LogP contribution < -0.4 is 0 Å². The summed E-state index contributed by atoms with van der Waals surface area (Å²) in [5.74, 6) is -1.10. The minimum Gasteiger partial charge on any atom is -0.390 e. The predicted octanol–water partition coefficient (Wildman–Crippen LogP) is 2.79. The maximum Gasteiger partial charge on any atom is 0.417 e. The highest BCUT2D eigenvalue weighted by Crippen LogP contribution is 2.36. The van der Waals surface area contributed by atoms with Crippen molar-refractivity contribution in [3.63, 3.8) is 0 Å². The zero-order valence-electron chi connectivity index (χ0n) is 9.45. The molecule has 3 nitrogen and oxygen atoms in total. The van der Waals surface area contributed by atoms with Gasteiger partial charge in [-0.05, 0) is 24.3 Å². The Morgan fingerprint density at radius 1 is 1.16 bits per heavy atom. The zero-order chi connectivity index (χ0) is 14.0. The summed E-state index contributed by atoms with van der Waals surface area (Å²) in [6, 6.07) is 3.44. The van der Waals surface area contributed by atoms with Crippen molar-refractivity contribution in [3.05, 3.63) is 47.5 Å². The first-order valence-corrected chi connectivity index (χ1v) is 5.21. The van der Waals surface area contributed by atoms with Gasteiger partial charge in [-0.3, -0.25) is 0 Å². The number of aromatic nitrogens is 2. The average Bonchev–Trinajstić information content (AvgIpc) is 2.37. The van der Waals surface area contributed by atoms with Gasteiger partial charge < -0.3 is 5.11 Å². The fourth-order valence-corrected chi connectivity index (χ4v) is 1.56. The van der Waals surface area contributed by atoms with Gasteiger partial charge in [-0.15, -0.1) is 0 Å². The Morgan fingerprint density at radius 2 is 1.89 bits per heavy atom. The van der Waals surface area contributed by atoms with Crippen molar-refractivity contribution in [2.24, 2.45) is 0 Å². The molecule has 0 bridgehead atoms. The smallest absolute Gasteiger partial charge is 0.390 e. The van der Waals surface area contributed by atoms with Crippen LogP contribution in [0.25, 0.3) is 11.4 Å². The molecule has 0 spiro atoms. The summed E-state index contributed by atoms with van der Waals surface area (Å²) in [5, 5.41) is 8.91. The van der Waals surface area contributed by atoms with E-state index >= 15 is 0 Å². The van der Waals surface area contributed by atoms with Gasteiger partial charge in [-0.25, -0.2) is 14.4 Å². The van der Waals surface area contributed by atoms with E-state index in [0.29, 0.717) is 6.07 Å². The number of aliphatic hydroxyl groups is 1. The van der Waals surface area contributed by atoms with Crippen LogP contribution in [0.5, 0.6) is 0 Å². The lowest BCUT2D eigenvalue weighted by Crippen LogP contribution is -2.09. The van der Waals surface area contributed by atoms with E-state index in [1.807, 2.05) is 0 Å². The molecular formula is C12H8F4N2O. The molecular weight excluding hydrogens is 264 g/mol. The van der Waals surface area contributed by atoms with Crippen molar-refractivity contribution in [3.8, 4) is 11.4 Å². The van der Waals surface area contributed by atoms with E-state index in [2.05, 4.69) is 9.97 Å². The van der Waals surface area contributed by atoms with Crippen molar-refractivity contribution in [2.75, 3.05) is 0 Å². The third kappa shape index (κ3) is 2.87. The summed E-state index contributed by atoms with van der Waals surface area (Å²) in [6.07, 6.45) is -3.43. The number of hydrogen-bond donors (Lipinski definition) is 1. The number of alkyl halides is 3. The first kappa shape index (κ1) is 13.4. The third-order valence-corrected chi connectivity index (χ3v) is 2.40. The van der Waals surface area contributed by atoms with E-state index in [1.165, 1.54) is 12.3 Å². The van der Waals surface area contributed by atoms with Gasteiger partial charge >= 0.3 is 6.18 Å². The van der Waals surface area contributed by atoms with Crippen LogP contribution in [0.1, 0.15) is 11.3 Å². The maximum atomic E-state index is 13.1. The van der Waals surface area contributed by atoms with Crippen LogP contribution in [0.3, 0.4) is 0 Å². The van der Waals surface area contributed by atoms with E-state index in [1.54, 1.807) is 0 Å². The standard InChI is InChI=1S/C12H8F4N2O/c13-7-1-2-10(12(14,15)16)9(5-7)11-17-4-3-8(6-19)18-11/h1-5,19H,6H2. The second-order valence-corrected chi connectivity index (χ2v) is 3.72. The molecule has 100 valence electrons. The maximum absolute atomic E-state index is 13.1. The molecule has 2 aromatic rings. The largest absolute Gasteiger partial charge is 0.417 e. The molecule has 0 atom stereocenters. The van der Waals surface area contributed by atoms with E-state index in [0.717, 1.165) is 12.1 Å². The predicted molar refractivity (Wildman–Crippen MR) is 58.4 cm³/mol. The normalized spacial score (nSPS) is 11.6. The van der Waals surface area contributed by atoms with Gasteiger partial charge in [-0.2, -0.15) is 13.2 Å². The number of benzene rings is 1. The topological polar surface area (TPSA) is 46.0 Å². The van der Waals surface area contributed by atoms with E-state index in [-0.39, 0.29) is 11.5 Å². The summed E-state index contributed by atoms with van der Waals surface area (Å²) in [4.78, 5) is 7.43. The van der Waals surface area contributed by atoms with Crippen LogP contribution in [0, 0.1) is 5.82 Å². The second kappa shape index (κ2) is 4.93. The molecule has 1 aromatic carbocycles. The summed E-state index contributed by atoms with van der Waals surface area (Å²) < 4.78 is 51.6. The monoisotopic (exact) mass is 272 g/mol. The number of hydrogen-bond acceptors (Lipinski definition) is 3. The lowest BCUT2D eigenvalue weighted by Gasteiger charge is -2.12. The van der Waals surface area contributed by atoms with Gasteiger partial charge in [0.05, 0.1) is 17.9 Å². The lowest BCUT2D eigenvalue weighted by molar-refractivity contribution is -0.137. The van der Waals surface area contributed by atoms with Crippen LogP contribution in [0.4, 0.5) is 17.6 Å². The Kier molecular flexibility index (Phi) is 3.48. The molecule has 0 aliphatic heterocycles. The molecule has 0 unspecified atom stereocenters. The molecule has 2 rings (SSSR count). The van der Waals surface area contributed by atoms with Gasteiger partial charge in [-0.1, -0.05) is 0 Å². The van der Waals surface area contributed by atoms with Crippen LogP contribution in [0.15, 0.2) is 30.5 Å². The number of nitrogens with zero attached hydrogens (tertiary/aromatic N) is 2. The SMILES string of the molecule is OCc1ccnc(-c2cc(F)ccc2C(F)(F)F)n1. The van der Waals surface area contributed by atoms with Gasteiger partial charge in [0.25, 0.3) is 0 Å². The molecule has 0 aliphatic rings. The zero-order valence-corrected chi connectivity index (χ0v) is 9.45. The Balaban J connectivity index is 2.63. The number of aliphatic hydroxyl groups excluding tert-OH is 1. The van der Waals surface area contributed by atoms with Crippen molar-refractivity contribution in [2.45, 2.75) is 12.8 Å². The van der Waals surface area contributed by atoms with Gasteiger partial charge in [0, 0.05) is 11.8 Å². The number of rotatable bonds is 2. The molecule has 0 saturated carbocycles. The third-order valence-electron chi connectivity index (χ3n) is 2.40. The second-order valence-electron chi connectivity index (χ2n) is 3.72. The summed E-state index contributed by atoms with van der Waals surface area (Å²) in [6.45, 7) is -0.438. The minimum atomic E-state index is -4.64. The Hall–Kier alpha value is -2.02. The minimum absolute atomic E-state index is 0.155.